The van der Waals surface area contributed by atoms with Crippen LogP contribution in [-0.2, 0) is 11.4 Å². The topological polar surface area (TPSA) is 67.0 Å². The number of aryl methyl sites for hydroxylation is 1. The van der Waals surface area contributed by atoms with Crippen molar-refractivity contribution in [1.82, 2.24) is 4.57 Å². The molecule has 0 aliphatic carbocycles. The summed E-state index contributed by atoms with van der Waals surface area (Å²) in [5, 5.41) is 13.6. The van der Waals surface area contributed by atoms with Gasteiger partial charge in [0.25, 0.3) is 5.91 Å². The van der Waals surface area contributed by atoms with Gasteiger partial charge >= 0.3 is 0 Å². The predicted octanol–water partition coefficient (Wildman–Crippen LogP) is 8.29. The van der Waals surface area contributed by atoms with E-state index in [4.69, 9.17) is 27.9 Å². The highest BCUT2D eigenvalue weighted by Crippen LogP contribution is 2.26. The molecule has 8 heteroatoms. The zero-order chi connectivity index (χ0) is 26.5. The van der Waals surface area contributed by atoms with Crippen LogP contribution in [0, 0.1) is 25.2 Å². The second-order valence-electron chi connectivity index (χ2n) is 8.31. The lowest BCUT2D eigenvalue weighted by Gasteiger charge is -2.12. The van der Waals surface area contributed by atoms with Crippen LogP contribution in [0.3, 0.4) is 0 Å². The van der Waals surface area contributed by atoms with E-state index in [0.29, 0.717) is 28.1 Å². The molecule has 1 amide bonds. The van der Waals surface area contributed by atoms with Gasteiger partial charge in [0.1, 0.15) is 24.0 Å². The highest BCUT2D eigenvalue weighted by Gasteiger charge is 2.14. The normalized spacial score (nSPS) is 11.2. The van der Waals surface area contributed by atoms with Crippen LogP contribution in [-0.4, -0.2) is 10.5 Å². The summed E-state index contributed by atoms with van der Waals surface area (Å²) in [5.74, 6) is 0.237. The summed E-state index contributed by atoms with van der Waals surface area (Å²) in [6, 6.07) is 24.2. The third-order valence-corrected chi connectivity index (χ3v) is 6.80. The minimum absolute atomic E-state index is 0.0184. The summed E-state index contributed by atoms with van der Waals surface area (Å²) in [5.41, 5.74) is 5.06. The fraction of sp³-hybridized carbons (Fsp3) is 0.103. The van der Waals surface area contributed by atoms with Crippen molar-refractivity contribution >= 4 is 56.8 Å². The van der Waals surface area contributed by atoms with Crippen LogP contribution < -0.4 is 10.1 Å². The predicted molar refractivity (Wildman–Crippen MR) is 152 cm³/mol. The average molecular weight is 595 g/mol. The maximum atomic E-state index is 12.7. The third-order valence-electron chi connectivity index (χ3n) is 5.72. The molecule has 1 heterocycles. The SMILES string of the molecule is Cc1cc(/C=C(/C#N)C(=O)Nc2cccc(Br)c2)c(C)n1-c1ccc(OCc2ccc(Cl)cc2Cl)cc1. The third kappa shape index (κ3) is 6.44. The van der Waals surface area contributed by atoms with Gasteiger partial charge < -0.3 is 14.6 Å². The molecule has 37 heavy (non-hydrogen) atoms. The molecule has 0 radical (unpaired) electrons. The van der Waals surface area contributed by atoms with Gasteiger partial charge in [0.2, 0.25) is 0 Å². The molecule has 0 spiro atoms. The van der Waals surface area contributed by atoms with Crippen molar-refractivity contribution in [2.24, 2.45) is 0 Å². The molecule has 1 aromatic heterocycles. The number of amides is 1. The molecule has 0 unspecified atom stereocenters. The van der Waals surface area contributed by atoms with Gasteiger partial charge in [0.15, 0.2) is 0 Å². The van der Waals surface area contributed by atoms with Crippen LogP contribution in [0.4, 0.5) is 5.69 Å². The molecular formula is C29H22BrCl2N3O2. The number of halogens is 3. The lowest BCUT2D eigenvalue weighted by atomic mass is 10.1. The van der Waals surface area contributed by atoms with Gasteiger partial charge in [-0.2, -0.15) is 5.26 Å². The summed E-state index contributed by atoms with van der Waals surface area (Å²) in [6.45, 7) is 4.25. The van der Waals surface area contributed by atoms with Crippen LogP contribution in [0.25, 0.3) is 11.8 Å². The number of nitrogens with one attached hydrogen (secondary N) is 1. The molecule has 0 atom stereocenters. The molecule has 0 aliphatic heterocycles. The summed E-state index contributed by atoms with van der Waals surface area (Å²) < 4.78 is 8.79. The highest BCUT2D eigenvalue weighted by molar-refractivity contribution is 9.10. The van der Waals surface area contributed by atoms with Crippen molar-refractivity contribution in [2.45, 2.75) is 20.5 Å². The molecule has 4 rings (SSSR count). The van der Waals surface area contributed by atoms with E-state index in [-0.39, 0.29) is 5.57 Å². The Labute approximate surface area is 234 Å². The first-order valence-corrected chi connectivity index (χ1v) is 12.8. The molecule has 0 aliphatic rings. The Hall–Kier alpha value is -3.50. The molecule has 0 fully saturated rings. The lowest BCUT2D eigenvalue weighted by Crippen LogP contribution is -2.13. The van der Waals surface area contributed by atoms with Crippen molar-refractivity contribution in [2.75, 3.05) is 5.32 Å². The Morgan fingerprint density at radius 3 is 2.51 bits per heavy atom. The molecule has 0 bridgehead atoms. The van der Waals surface area contributed by atoms with Crippen molar-refractivity contribution in [1.29, 1.82) is 5.26 Å². The fourth-order valence-corrected chi connectivity index (χ4v) is 4.75. The van der Waals surface area contributed by atoms with Crippen LogP contribution in [0.15, 0.2) is 82.8 Å². The molecule has 3 aromatic carbocycles. The first-order chi connectivity index (χ1) is 17.7. The minimum atomic E-state index is -0.465. The highest BCUT2D eigenvalue weighted by atomic mass is 79.9. The Morgan fingerprint density at radius 2 is 1.84 bits per heavy atom. The van der Waals surface area contributed by atoms with Gasteiger partial charge in [0, 0.05) is 42.8 Å². The maximum absolute atomic E-state index is 12.7. The number of ether oxygens (including phenoxy) is 1. The number of hydrogen-bond acceptors (Lipinski definition) is 3. The van der Waals surface area contributed by atoms with Gasteiger partial charge in [-0.25, -0.2) is 0 Å². The standard InChI is InChI=1S/C29H22BrCl2N3O2/c1-18-12-21(13-22(16-33)29(36)34-25-5-3-4-23(30)14-25)19(2)35(18)26-8-10-27(11-9-26)37-17-20-6-7-24(31)15-28(20)32/h3-15H,17H2,1-2H3,(H,34,36)/b22-13-. The van der Waals surface area contributed by atoms with Gasteiger partial charge in [-0.05, 0) is 86.2 Å². The number of hydrogen-bond donors (Lipinski definition) is 1. The van der Waals surface area contributed by atoms with Crippen LogP contribution in [0.1, 0.15) is 22.5 Å². The Balaban J connectivity index is 1.51. The molecule has 5 nitrogen and oxygen atoms in total. The Kier molecular flexibility index (Phi) is 8.40. The van der Waals surface area contributed by atoms with Crippen LogP contribution >= 0.6 is 39.1 Å². The Bertz CT molecular complexity index is 1540. The summed E-state index contributed by atoms with van der Waals surface area (Å²) in [7, 11) is 0. The first kappa shape index (κ1) is 26.6. The molecule has 0 saturated heterocycles. The number of benzene rings is 3. The smallest absolute Gasteiger partial charge is 0.266 e. The first-order valence-electron chi connectivity index (χ1n) is 11.3. The van der Waals surface area contributed by atoms with Crippen LogP contribution in [0.5, 0.6) is 5.75 Å². The van der Waals surface area contributed by atoms with E-state index in [1.807, 2.05) is 68.4 Å². The summed E-state index contributed by atoms with van der Waals surface area (Å²) in [6.07, 6.45) is 1.61. The number of rotatable bonds is 7. The van der Waals surface area contributed by atoms with Crippen molar-refractivity contribution < 1.29 is 9.53 Å². The number of nitrogens with zero attached hydrogens (tertiary/aromatic N) is 2. The second kappa shape index (κ2) is 11.7. The zero-order valence-corrected chi connectivity index (χ0v) is 23.2. The van der Waals surface area contributed by atoms with E-state index in [9.17, 15) is 10.1 Å². The number of carbonyl (C=O) groups is 1. The lowest BCUT2D eigenvalue weighted by molar-refractivity contribution is -0.112. The van der Waals surface area contributed by atoms with E-state index in [1.54, 1.807) is 30.3 Å². The van der Waals surface area contributed by atoms with E-state index in [1.165, 1.54) is 0 Å². The number of nitriles is 1. The van der Waals surface area contributed by atoms with Crippen molar-refractivity contribution in [3.05, 3.63) is 115 Å². The van der Waals surface area contributed by atoms with E-state index >= 15 is 0 Å². The second-order valence-corrected chi connectivity index (χ2v) is 10.1. The van der Waals surface area contributed by atoms with E-state index in [0.717, 1.165) is 32.7 Å². The number of aromatic nitrogens is 1. The molecule has 4 aromatic rings. The molecule has 186 valence electrons. The molecule has 1 N–H and O–H groups in total. The van der Waals surface area contributed by atoms with Gasteiger partial charge in [0.05, 0.1) is 0 Å². The maximum Gasteiger partial charge on any atom is 0.266 e. The fourth-order valence-electron chi connectivity index (χ4n) is 3.89. The number of carbonyl (C=O) groups excluding carboxylic acids is 1. The van der Waals surface area contributed by atoms with Gasteiger partial charge in [-0.15, -0.1) is 0 Å². The average Bonchev–Trinajstić information content (AvgIpc) is 3.14. The minimum Gasteiger partial charge on any atom is -0.489 e. The van der Waals surface area contributed by atoms with Crippen molar-refractivity contribution in [3.8, 4) is 17.5 Å². The Morgan fingerprint density at radius 1 is 1.08 bits per heavy atom. The zero-order valence-electron chi connectivity index (χ0n) is 20.1. The number of anilines is 1. The van der Waals surface area contributed by atoms with Gasteiger partial charge in [-0.1, -0.05) is 51.3 Å². The van der Waals surface area contributed by atoms with E-state index < -0.39 is 5.91 Å². The van der Waals surface area contributed by atoms with Crippen LogP contribution in [0.2, 0.25) is 10.0 Å². The van der Waals surface area contributed by atoms with Gasteiger partial charge in [-0.3, -0.25) is 4.79 Å². The largest absolute Gasteiger partial charge is 0.489 e. The quantitative estimate of drug-likeness (QED) is 0.173. The van der Waals surface area contributed by atoms with Crippen molar-refractivity contribution in [3.63, 3.8) is 0 Å². The molecular weight excluding hydrogens is 573 g/mol. The summed E-state index contributed by atoms with van der Waals surface area (Å²) in [4.78, 5) is 12.7. The molecule has 0 saturated carbocycles. The summed E-state index contributed by atoms with van der Waals surface area (Å²) >= 11 is 15.6. The van der Waals surface area contributed by atoms with E-state index in [2.05, 4.69) is 25.8 Å². The monoisotopic (exact) mass is 593 g/mol.